The van der Waals surface area contributed by atoms with Gasteiger partial charge in [-0.25, -0.2) is 13.2 Å². The van der Waals surface area contributed by atoms with Crippen LogP contribution in [-0.2, 0) is 14.8 Å². The molecule has 0 unspecified atom stereocenters. The van der Waals surface area contributed by atoms with Gasteiger partial charge in [0.1, 0.15) is 0 Å². The molecule has 0 radical (unpaired) electrons. The van der Waals surface area contributed by atoms with E-state index in [0.29, 0.717) is 18.7 Å². The van der Waals surface area contributed by atoms with Crippen LogP contribution in [0.15, 0.2) is 23.1 Å². The summed E-state index contributed by atoms with van der Waals surface area (Å²) < 4.78 is 31.1. The molecular formula is C13H17NO4S. The first-order valence-corrected chi connectivity index (χ1v) is 7.60. The van der Waals surface area contributed by atoms with Gasteiger partial charge in [0.2, 0.25) is 10.0 Å². The van der Waals surface area contributed by atoms with Gasteiger partial charge in [-0.1, -0.05) is 6.07 Å². The fourth-order valence-corrected chi connectivity index (χ4v) is 3.96. The average Bonchev–Trinajstić information content (AvgIpc) is 2.92. The summed E-state index contributed by atoms with van der Waals surface area (Å²) in [6.07, 6.45) is 1.77. The van der Waals surface area contributed by atoms with E-state index in [9.17, 15) is 13.2 Å². The molecule has 1 heterocycles. The molecule has 1 fully saturated rings. The Labute approximate surface area is 113 Å². The summed E-state index contributed by atoms with van der Waals surface area (Å²) in [5, 5.41) is 0. The van der Waals surface area contributed by atoms with Crippen molar-refractivity contribution in [2.75, 3.05) is 20.2 Å². The lowest BCUT2D eigenvalue weighted by Crippen LogP contribution is -2.28. The fourth-order valence-electron chi connectivity index (χ4n) is 2.19. The van der Waals surface area contributed by atoms with E-state index in [2.05, 4.69) is 4.74 Å². The zero-order chi connectivity index (χ0) is 14.0. The average molecular weight is 283 g/mol. The third-order valence-corrected chi connectivity index (χ3v) is 5.33. The molecule has 1 aromatic rings. The number of aryl methyl sites for hydroxylation is 1. The highest BCUT2D eigenvalue weighted by Gasteiger charge is 2.29. The number of ether oxygens (including phenoxy) is 1. The maximum atomic E-state index is 12.5. The number of esters is 1. The van der Waals surface area contributed by atoms with E-state index < -0.39 is 16.0 Å². The zero-order valence-corrected chi connectivity index (χ0v) is 11.9. The van der Waals surface area contributed by atoms with E-state index in [0.717, 1.165) is 12.8 Å². The molecule has 5 nitrogen and oxygen atoms in total. The van der Waals surface area contributed by atoms with Crippen LogP contribution >= 0.6 is 0 Å². The van der Waals surface area contributed by atoms with Gasteiger partial charge < -0.3 is 4.74 Å². The number of nitrogens with zero attached hydrogens (tertiary/aromatic N) is 1. The minimum absolute atomic E-state index is 0.192. The van der Waals surface area contributed by atoms with Crippen LogP contribution in [0.25, 0.3) is 0 Å². The van der Waals surface area contributed by atoms with E-state index in [1.54, 1.807) is 19.1 Å². The number of carbonyl (C=O) groups excluding carboxylic acids is 1. The normalized spacial score (nSPS) is 16.5. The van der Waals surface area contributed by atoms with Crippen LogP contribution in [0.5, 0.6) is 0 Å². The van der Waals surface area contributed by atoms with Gasteiger partial charge in [-0.3, -0.25) is 0 Å². The second-order valence-electron chi connectivity index (χ2n) is 4.58. The summed E-state index contributed by atoms with van der Waals surface area (Å²) in [5.41, 5.74) is 0.894. The molecule has 6 heteroatoms. The Morgan fingerprint density at radius 1 is 1.26 bits per heavy atom. The van der Waals surface area contributed by atoms with Crippen LogP contribution in [-0.4, -0.2) is 38.9 Å². The van der Waals surface area contributed by atoms with Crippen LogP contribution in [0, 0.1) is 6.92 Å². The standard InChI is InChI=1S/C13H17NO4S/c1-10-5-6-11(13(15)18-2)9-12(10)19(16,17)14-7-3-4-8-14/h5-6,9H,3-4,7-8H2,1-2H3. The SMILES string of the molecule is COC(=O)c1ccc(C)c(S(=O)(=O)N2CCCC2)c1. The molecule has 19 heavy (non-hydrogen) atoms. The van der Waals surface area contributed by atoms with E-state index in [-0.39, 0.29) is 10.5 Å². The second kappa shape index (κ2) is 5.30. The number of hydrogen-bond acceptors (Lipinski definition) is 4. The summed E-state index contributed by atoms with van der Waals surface area (Å²) >= 11 is 0. The number of methoxy groups -OCH3 is 1. The van der Waals surface area contributed by atoms with Gasteiger partial charge in [0.25, 0.3) is 0 Å². The van der Waals surface area contributed by atoms with Gasteiger partial charge in [-0.05, 0) is 37.5 Å². The minimum atomic E-state index is -3.51. The van der Waals surface area contributed by atoms with Crippen molar-refractivity contribution in [1.29, 1.82) is 0 Å². The lowest BCUT2D eigenvalue weighted by Gasteiger charge is -2.17. The van der Waals surface area contributed by atoms with Gasteiger partial charge in [0.15, 0.2) is 0 Å². The third kappa shape index (κ3) is 2.64. The van der Waals surface area contributed by atoms with Crippen LogP contribution < -0.4 is 0 Å². The summed E-state index contributed by atoms with van der Waals surface area (Å²) in [7, 11) is -2.23. The van der Waals surface area contributed by atoms with Gasteiger partial charge in [0, 0.05) is 13.1 Å². The predicted molar refractivity (Wildman–Crippen MR) is 70.5 cm³/mol. The predicted octanol–water partition coefficient (Wildman–Crippen LogP) is 1.57. The molecule has 0 atom stereocenters. The summed E-state index contributed by atoms with van der Waals surface area (Å²) in [6.45, 7) is 2.82. The van der Waals surface area contributed by atoms with Crippen molar-refractivity contribution < 1.29 is 17.9 Å². The van der Waals surface area contributed by atoms with Crippen molar-refractivity contribution in [2.24, 2.45) is 0 Å². The molecule has 0 spiro atoms. The van der Waals surface area contributed by atoms with Crippen molar-refractivity contribution in [1.82, 2.24) is 4.31 Å². The number of carbonyl (C=O) groups is 1. The summed E-state index contributed by atoms with van der Waals surface area (Å²) in [6, 6.07) is 4.61. The van der Waals surface area contributed by atoms with Crippen LogP contribution in [0.2, 0.25) is 0 Å². The van der Waals surface area contributed by atoms with Crippen LogP contribution in [0.4, 0.5) is 0 Å². The third-order valence-electron chi connectivity index (χ3n) is 3.29. The Morgan fingerprint density at radius 3 is 2.47 bits per heavy atom. The molecule has 0 amide bonds. The Kier molecular flexibility index (Phi) is 3.91. The highest BCUT2D eigenvalue weighted by molar-refractivity contribution is 7.89. The first-order chi connectivity index (χ1) is 8.96. The summed E-state index contributed by atoms with van der Waals surface area (Å²) in [4.78, 5) is 11.7. The molecule has 2 rings (SSSR count). The maximum Gasteiger partial charge on any atom is 0.337 e. The van der Waals surface area contributed by atoms with Crippen molar-refractivity contribution in [3.8, 4) is 0 Å². The first-order valence-electron chi connectivity index (χ1n) is 6.16. The van der Waals surface area contributed by atoms with Crippen LogP contribution in [0.1, 0.15) is 28.8 Å². The first kappa shape index (κ1) is 14.0. The molecule has 0 aromatic heterocycles. The van der Waals surface area contributed by atoms with E-state index >= 15 is 0 Å². The van der Waals surface area contributed by atoms with Gasteiger partial charge >= 0.3 is 5.97 Å². The summed E-state index contributed by atoms with van der Waals surface area (Å²) in [5.74, 6) is -0.530. The fraction of sp³-hybridized carbons (Fsp3) is 0.462. The second-order valence-corrected chi connectivity index (χ2v) is 6.49. The number of rotatable bonds is 3. The van der Waals surface area contributed by atoms with Gasteiger partial charge in [-0.15, -0.1) is 0 Å². The van der Waals surface area contributed by atoms with Crippen molar-refractivity contribution in [3.05, 3.63) is 29.3 Å². The quantitative estimate of drug-likeness (QED) is 0.790. The van der Waals surface area contributed by atoms with Crippen molar-refractivity contribution in [3.63, 3.8) is 0 Å². The zero-order valence-electron chi connectivity index (χ0n) is 11.0. The molecule has 0 aliphatic carbocycles. The topological polar surface area (TPSA) is 63.7 Å². The monoisotopic (exact) mass is 283 g/mol. The highest BCUT2D eigenvalue weighted by Crippen LogP contribution is 2.24. The van der Waals surface area contributed by atoms with Gasteiger partial charge in [0.05, 0.1) is 17.6 Å². The number of hydrogen-bond donors (Lipinski definition) is 0. The number of benzene rings is 1. The highest BCUT2D eigenvalue weighted by atomic mass is 32.2. The lowest BCUT2D eigenvalue weighted by atomic mass is 10.1. The Morgan fingerprint density at radius 2 is 1.89 bits per heavy atom. The minimum Gasteiger partial charge on any atom is -0.465 e. The van der Waals surface area contributed by atoms with E-state index in [1.165, 1.54) is 17.5 Å². The maximum absolute atomic E-state index is 12.5. The Bertz CT molecular complexity index is 589. The molecule has 0 N–H and O–H groups in total. The smallest absolute Gasteiger partial charge is 0.337 e. The molecule has 1 aliphatic rings. The van der Waals surface area contributed by atoms with E-state index in [4.69, 9.17) is 0 Å². The lowest BCUT2D eigenvalue weighted by molar-refractivity contribution is 0.0600. The molecule has 0 bridgehead atoms. The van der Waals surface area contributed by atoms with Gasteiger partial charge in [-0.2, -0.15) is 4.31 Å². The molecular weight excluding hydrogens is 266 g/mol. The Balaban J connectivity index is 2.46. The molecule has 104 valence electrons. The largest absolute Gasteiger partial charge is 0.465 e. The van der Waals surface area contributed by atoms with E-state index in [1.807, 2.05) is 0 Å². The molecule has 1 saturated heterocycles. The van der Waals surface area contributed by atoms with Crippen molar-refractivity contribution in [2.45, 2.75) is 24.7 Å². The molecule has 0 saturated carbocycles. The number of sulfonamides is 1. The Hall–Kier alpha value is -1.40. The van der Waals surface area contributed by atoms with Crippen LogP contribution in [0.3, 0.4) is 0 Å². The van der Waals surface area contributed by atoms with Crippen molar-refractivity contribution >= 4 is 16.0 Å². The molecule has 1 aliphatic heterocycles. The molecule has 1 aromatic carbocycles.